The highest BCUT2D eigenvalue weighted by Gasteiger charge is 2.39. The topological polar surface area (TPSA) is 75.5 Å². The van der Waals surface area contributed by atoms with Crippen LogP contribution in [0.5, 0.6) is 0 Å². The summed E-state index contributed by atoms with van der Waals surface area (Å²) in [4.78, 5) is 24.9. The van der Waals surface area contributed by atoms with E-state index >= 15 is 0 Å². The molecule has 6 nitrogen and oxygen atoms in total. The van der Waals surface area contributed by atoms with Crippen molar-refractivity contribution >= 4 is 11.6 Å². The highest BCUT2D eigenvalue weighted by atomic mass is 16.6. The zero-order valence-electron chi connectivity index (χ0n) is 12.0. The van der Waals surface area contributed by atoms with E-state index in [0.29, 0.717) is 17.4 Å². The maximum atomic E-state index is 12.6. The number of benzene rings is 1. The number of nitrogens with zero attached hydrogens (tertiary/aromatic N) is 2. The molecule has 0 aromatic heterocycles. The van der Waals surface area contributed by atoms with Crippen LogP contribution in [0.2, 0.25) is 0 Å². The van der Waals surface area contributed by atoms with Gasteiger partial charge in [-0.05, 0) is 24.3 Å². The van der Waals surface area contributed by atoms with Gasteiger partial charge in [-0.15, -0.1) is 0 Å². The number of carbonyl (C=O) groups excluding carboxylic acids is 1. The number of hydrogen-bond acceptors (Lipinski definition) is 4. The van der Waals surface area contributed by atoms with Crippen molar-refractivity contribution in [2.24, 2.45) is 11.8 Å². The Morgan fingerprint density at radius 1 is 1.38 bits per heavy atom. The van der Waals surface area contributed by atoms with Gasteiger partial charge in [-0.3, -0.25) is 14.9 Å². The molecule has 2 fully saturated rings. The molecular formula is C15H19N3O3. The lowest BCUT2D eigenvalue weighted by Crippen LogP contribution is -2.34. The first-order valence-electron chi connectivity index (χ1n) is 7.30. The molecule has 2 aliphatic heterocycles. The molecule has 0 saturated carbocycles. The molecular weight excluding hydrogens is 270 g/mol. The number of fused-ring (bicyclic) bond motifs is 1. The summed E-state index contributed by atoms with van der Waals surface area (Å²) >= 11 is 0. The van der Waals surface area contributed by atoms with Gasteiger partial charge in [0, 0.05) is 38.3 Å². The van der Waals surface area contributed by atoms with Crippen LogP contribution in [0, 0.1) is 22.0 Å². The Morgan fingerprint density at radius 3 is 2.67 bits per heavy atom. The SMILES string of the molecule is CC(C(=O)N1C[C@H]2CNC[C@H]2C1)c1cccc([N+](=O)[O-])c1. The summed E-state index contributed by atoms with van der Waals surface area (Å²) < 4.78 is 0. The van der Waals surface area contributed by atoms with Crippen LogP contribution in [0.4, 0.5) is 5.69 Å². The molecule has 21 heavy (non-hydrogen) atoms. The Balaban J connectivity index is 1.73. The lowest BCUT2D eigenvalue weighted by molar-refractivity contribution is -0.384. The normalized spacial score (nSPS) is 25.7. The van der Waals surface area contributed by atoms with Crippen molar-refractivity contribution in [2.75, 3.05) is 26.2 Å². The van der Waals surface area contributed by atoms with Crippen LogP contribution in [0.1, 0.15) is 18.4 Å². The summed E-state index contributed by atoms with van der Waals surface area (Å²) in [5, 5.41) is 14.2. The molecule has 1 unspecified atom stereocenters. The number of non-ortho nitro benzene ring substituents is 1. The summed E-state index contributed by atoms with van der Waals surface area (Å²) in [5.74, 6) is 0.860. The van der Waals surface area contributed by atoms with Crippen LogP contribution in [0.3, 0.4) is 0 Å². The van der Waals surface area contributed by atoms with Gasteiger partial charge in [0.1, 0.15) is 0 Å². The van der Waals surface area contributed by atoms with E-state index in [1.54, 1.807) is 12.1 Å². The van der Waals surface area contributed by atoms with Crippen molar-refractivity contribution in [2.45, 2.75) is 12.8 Å². The molecule has 3 atom stereocenters. The van der Waals surface area contributed by atoms with Crippen molar-refractivity contribution < 1.29 is 9.72 Å². The van der Waals surface area contributed by atoms with E-state index in [4.69, 9.17) is 0 Å². The van der Waals surface area contributed by atoms with Crippen LogP contribution in [0.15, 0.2) is 24.3 Å². The molecule has 1 N–H and O–H groups in total. The van der Waals surface area contributed by atoms with E-state index in [9.17, 15) is 14.9 Å². The summed E-state index contributed by atoms with van der Waals surface area (Å²) in [5.41, 5.74) is 0.749. The van der Waals surface area contributed by atoms with Gasteiger partial charge in [0.05, 0.1) is 10.8 Å². The molecule has 0 radical (unpaired) electrons. The highest BCUT2D eigenvalue weighted by molar-refractivity contribution is 5.83. The molecule has 2 saturated heterocycles. The third kappa shape index (κ3) is 2.63. The standard InChI is InChI=1S/C15H19N3O3/c1-10(11-3-2-4-14(5-11)18(20)21)15(19)17-8-12-6-16-7-13(12)9-17/h2-5,10,12-13,16H,6-9H2,1H3/t10?,12-,13+. The molecule has 1 aromatic carbocycles. The lowest BCUT2D eigenvalue weighted by atomic mass is 9.99. The van der Waals surface area contributed by atoms with Crippen LogP contribution in [-0.2, 0) is 4.79 Å². The third-order valence-corrected chi connectivity index (χ3v) is 4.65. The second kappa shape index (κ2) is 5.44. The average Bonchev–Trinajstić information content (AvgIpc) is 3.07. The number of nitrogens with one attached hydrogen (secondary N) is 1. The summed E-state index contributed by atoms with van der Waals surface area (Å²) in [6.45, 7) is 5.40. The zero-order valence-corrected chi connectivity index (χ0v) is 12.0. The number of carbonyl (C=O) groups is 1. The van der Waals surface area contributed by atoms with Gasteiger partial charge in [-0.2, -0.15) is 0 Å². The number of rotatable bonds is 3. The maximum absolute atomic E-state index is 12.6. The molecule has 0 aliphatic carbocycles. The average molecular weight is 289 g/mol. The van der Waals surface area contributed by atoms with Crippen molar-refractivity contribution in [3.8, 4) is 0 Å². The van der Waals surface area contributed by atoms with Gasteiger partial charge < -0.3 is 10.2 Å². The van der Waals surface area contributed by atoms with E-state index in [0.717, 1.165) is 26.2 Å². The number of nitro benzene ring substituents is 1. The van der Waals surface area contributed by atoms with Gasteiger partial charge in [0.2, 0.25) is 5.91 Å². The smallest absolute Gasteiger partial charge is 0.269 e. The van der Waals surface area contributed by atoms with Crippen LogP contribution >= 0.6 is 0 Å². The third-order valence-electron chi connectivity index (χ3n) is 4.65. The minimum Gasteiger partial charge on any atom is -0.342 e. The molecule has 0 spiro atoms. The van der Waals surface area contributed by atoms with E-state index in [2.05, 4.69) is 5.32 Å². The fourth-order valence-electron chi connectivity index (χ4n) is 3.36. The predicted molar refractivity (Wildman–Crippen MR) is 77.9 cm³/mol. The number of likely N-dealkylation sites (tertiary alicyclic amines) is 1. The largest absolute Gasteiger partial charge is 0.342 e. The number of amides is 1. The van der Waals surface area contributed by atoms with Crippen molar-refractivity contribution in [1.29, 1.82) is 0 Å². The second-order valence-corrected chi connectivity index (χ2v) is 6.00. The Morgan fingerprint density at radius 2 is 2.05 bits per heavy atom. The molecule has 2 heterocycles. The number of nitro groups is 1. The van der Waals surface area contributed by atoms with E-state index in [1.807, 2.05) is 11.8 Å². The van der Waals surface area contributed by atoms with Crippen molar-refractivity contribution in [3.63, 3.8) is 0 Å². The van der Waals surface area contributed by atoms with E-state index in [-0.39, 0.29) is 17.5 Å². The first kappa shape index (κ1) is 14.0. The molecule has 112 valence electrons. The highest BCUT2D eigenvalue weighted by Crippen LogP contribution is 2.30. The van der Waals surface area contributed by atoms with Crippen LogP contribution in [-0.4, -0.2) is 41.9 Å². The summed E-state index contributed by atoms with van der Waals surface area (Å²) in [7, 11) is 0. The molecule has 1 aromatic rings. The zero-order chi connectivity index (χ0) is 15.0. The van der Waals surface area contributed by atoms with Crippen LogP contribution in [0.25, 0.3) is 0 Å². The predicted octanol–water partition coefficient (Wildman–Crippen LogP) is 1.38. The molecule has 2 aliphatic rings. The maximum Gasteiger partial charge on any atom is 0.269 e. The van der Waals surface area contributed by atoms with E-state index < -0.39 is 4.92 Å². The fourth-order valence-corrected chi connectivity index (χ4v) is 3.36. The van der Waals surface area contributed by atoms with Gasteiger partial charge >= 0.3 is 0 Å². The fraction of sp³-hybridized carbons (Fsp3) is 0.533. The Labute approximate surface area is 123 Å². The van der Waals surface area contributed by atoms with Crippen LogP contribution < -0.4 is 5.32 Å². The first-order chi connectivity index (χ1) is 10.1. The Hall–Kier alpha value is -1.95. The molecule has 6 heteroatoms. The molecule has 1 amide bonds. The van der Waals surface area contributed by atoms with E-state index in [1.165, 1.54) is 12.1 Å². The number of hydrogen-bond donors (Lipinski definition) is 1. The van der Waals surface area contributed by atoms with Gasteiger partial charge in [0.15, 0.2) is 0 Å². The van der Waals surface area contributed by atoms with Crippen molar-refractivity contribution in [1.82, 2.24) is 10.2 Å². The Kier molecular flexibility index (Phi) is 3.63. The van der Waals surface area contributed by atoms with Gasteiger partial charge in [0.25, 0.3) is 5.69 Å². The minimum atomic E-state index is -0.424. The second-order valence-electron chi connectivity index (χ2n) is 6.00. The summed E-state index contributed by atoms with van der Waals surface area (Å²) in [6.07, 6.45) is 0. The monoisotopic (exact) mass is 289 g/mol. The first-order valence-corrected chi connectivity index (χ1v) is 7.30. The molecule has 3 rings (SSSR count). The Bertz CT molecular complexity index is 563. The minimum absolute atomic E-state index is 0.0367. The quantitative estimate of drug-likeness (QED) is 0.673. The summed E-state index contributed by atoms with van der Waals surface area (Å²) in [6, 6.07) is 6.38. The molecule has 0 bridgehead atoms. The van der Waals surface area contributed by atoms with Gasteiger partial charge in [-0.25, -0.2) is 0 Å². The van der Waals surface area contributed by atoms with Crippen molar-refractivity contribution in [3.05, 3.63) is 39.9 Å². The lowest BCUT2D eigenvalue weighted by Gasteiger charge is -2.22. The van der Waals surface area contributed by atoms with Gasteiger partial charge in [-0.1, -0.05) is 12.1 Å².